The van der Waals surface area contributed by atoms with Crippen molar-refractivity contribution in [3.05, 3.63) is 0 Å². The lowest BCUT2D eigenvalue weighted by Crippen LogP contribution is -2.28. The molecule has 0 aromatic rings. The van der Waals surface area contributed by atoms with E-state index in [2.05, 4.69) is 24.5 Å². The first-order valence-corrected chi connectivity index (χ1v) is 6.08. The van der Waals surface area contributed by atoms with Crippen molar-refractivity contribution >= 4 is 5.91 Å². The molecular weight excluding hydrogens is 188 g/mol. The summed E-state index contributed by atoms with van der Waals surface area (Å²) in [5.74, 6) is 0.973. The first-order valence-electron chi connectivity index (χ1n) is 6.08. The Kier molecular flexibility index (Phi) is 3.01. The average molecular weight is 210 g/mol. The molecule has 3 nitrogen and oxygen atoms in total. The first kappa shape index (κ1) is 10.9. The number of hydrogen-bond donors (Lipinski definition) is 2. The molecule has 2 atom stereocenters. The van der Waals surface area contributed by atoms with Crippen molar-refractivity contribution < 1.29 is 4.79 Å². The Hall–Kier alpha value is -0.570. The van der Waals surface area contributed by atoms with Crippen LogP contribution in [0.5, 0.6) is 0 Å². The second-order valence-electron chi connectivity index (χ2n) is 5.71. The minimum absolute atomic E-state index is 0.248. The van der Waals surface area contributed by atoms with Gasteiger partial charge in [0, 0.05) is 12.5 Å². The van der Waals surface area contributed by atoms with Crippen LogP contribution in [0.1, 0.15) is 39.5 Å². The molecule has 2 N–H and O–H groups in total. The molecule has 3 heteroatoms. The molecule has 1 saturated heterocycles. The molecule has 2 rings (SSSR count). The fourth-order valence-electron chi connectivity index (χ4n) is 2.28. The lowest BCUT2D eigenvalue weighted by atomic mass is 10.0. The fraction of sp³-hybridized carbons (Fsp3) is 0.917. The smallest absolute Gasteiger partial charge is 0.220 e. The highest BCUT2D eigenvalue weighted by Gasteiger charge is 2.46. The summed E-state index contributed by atoms with van der Waals surface area (Å²) in [5.41, 5.74) is 0.352. The number of nitrogens with one attached hydrogen (secondary N) is 2. The Bertz CT molecular complexity index is 244. The van der Waals surface area contributed by atoms with Gasteiger partial charge in [0.25, 0.3) is 0 Å². The van der Waals surface area contributed by atoms with Crippen molar-refractivity contribution in [3.63, 3.8) is 0 Å². The van der Waals surface area contributed by atoms with Gasteiger partial charge in [-0.15, -0.1) is 0 Å². The van der Waals surface area contributed by atoms with E-state index >= 15 is 0 Å². The molecule has 86 valence electrons. The van der Waals surface area contributed by atoms with Crippen LogP contribution in [-0.4, -0.2) is 25.0 Å². The summed E-state index contributed by atoms with van der Waals surface area (Å²) >= 11 is 0. The Balaban J connectivity index is 1.61. The molecule has 2 aliphatic rings. The van der Waals surface area contributed by atoms with Crippen molar-refractivity contribution in [2.75, 3.05) is 13.1 Å². The van der Waals surface area contributed by atoms with Crippen LogP contribution in [0.4, 0.5) is 0 Å². The van der Waals surface area contributed by atoms with Crippen molar-refractivity contribution in [1.82, 2.24) is 10.6 Å². The van der Waals surface area contributed by atoms with Crippen LogP contribution in [0.2, 0.25) is 0 Å². The minimum atomic E-state index is 0.248. The van der Waals surface area contributed by atoms with E-state index in [1.54, 1.807) is 0 Å². The summed E-state index contributed by atoms with van der Waals surface area (Å²) in [7, 11) is 0. The predicted octanol–water partition coefficient (Wildman–Crippen LogP) is 1.29. The summed E-state index contributed by atoms with van der Waals surface area (Å²) in [6.45, 7) is 6.64. The molecule has 1 aliphatic heterocycles. The maximum Gasteiger partial charge on any atom is 0.220 e. The van der Waals surface area contributed by atoms with E-state index < -0.39 is 0 Å². The van der Waals surface area contributed by atoms with E-state index in [1.807, 2.05) is 0 Å². The highest BCUT2D eigenvalue weighted by molar-refractivity contribution is 5.76. The minimum Gasteiger partial charge on any atom is -0.353 e. The lowest BCUT2D eigenvalue weighted by Gasteiger charge is -2.09. The van der Waals surface area contributed by atoms with Crippen molar-refractivity contribution in [3.8, 4) is 0 Å². The molecule has 1 saturated carbocycles. The fourth-order valence-corrected chi connectivity index (χ4v) is 2.28. The molecular formula is C12H22N2O. The quantitative estimate of drug-likeness (QED) is 0.734. The maximum atomic E-state index is 11.6. The van der Waals surface area contributed by atoms with Crippen molar-refractivity contribution in [2.45, 2.75) is 45.6 Å². The SMILES string of the molecule is CC1(C)CC1NC(=O)CCC1CCNC1. The van der Waals surface area contributed by atoms with Gasteiger partial charge in [-0.2, -0.15) is 0 Å². The van der Waals surface area contributed by atoms with Gasteiger partial charge < -0.3 is 10.6 Å². The number of rotatable bonds is 4. The first-order chi connectivity index (χ1) is 7.08. The molecule has 2 fully saturated rings. The second kappa shape index (κ2) is 4.12. The summed E-state index contributed by atoms with van der Waals surface area (Å²) in [6, 6.07) is 0.437. The van der Waals surface area contributed by atoms with Gasteiger partial charge in [-0.25, -0.2) is 0 Å². The number of amides is 1. The van der Waals surface area contributed by atoms with Gasteiger partial charge in [0.2, 0.25) is 5.91 Å². The monoisotopic (exact) mass is 210 g/mol. The third-order valence-corrected chi connectivity index (χ3v) is 3.79. The van der Waals surface area contributed by atoms with Crippen molar-refractivity contribution in [1.29, 1.82) is 0 Å². The molecule has 1 aliphatic carbocycles. The van der Waals surface area contributed by atoms with Gasteiger partial charge in [0.05, 0.1) is 0 Å². The Morgan fingerprint density at radius 1 is 1.53 bits per heavy atom. The van der Waals surface area contributed by atoms with E-state index in [0.29, 0.717) is 17.9 Å². The van der Waals surface area contributed by atoms with E-state index in [0.717, 1.165) is 31.8 Å². The zero-order valence-corrected chi connectivity index (χ0v) is 9.81. The highest BCUT2D eigenvalue weighted by atomic mass is 16.1. The third-order valence-electron chi connectivity index (χ3n) is 3.79. The Morgan fingerprint density at radius 3 is 2.80 bits per heavy atom. The largest absolute Gasteiger partial charge is 0.353 e. The normalized spacial score (nSPS) is 32.7. The zero-order valence-electron chi connectivity index (χ0n) is 9.81. The zero-order chi connectivity index (χ0) is 10.9. The van der Waals surface area contributed by atoms with Gasteiger partial charge in [-0.1, -0.05) is 13.8 Å². The molecule has 0 bridgehead atoms. The third kappa shape index (κ3) is 2.94. The van der Waals surface area contributed by atoms with Gasteiger partial charge in [0.15, 0.2) is 0 Å². The number of carbonyl (C=O) groups is 1. The highest BCUT2D eigenvalue weighted by Crippen LogP contribution is 2.44. The Labute approximate surface area is 92.0 Å². The predicted molar refractivity (Wildman–Crippen MR) is 60.5 cm³/mol. The van der Waals surface area contributed by atoms with Crippen LogP contribution in [0.25, 0.3) is 0 Å². The molecule has 2 unspecified atom stereocenters. The Morgan fingerprint density at radius 2 is 2.27 bits per heavy atom. The standard InChI is InChI=1S/C12H22N2O/c1-12(2)7-10(12)14-11(15)4-3-9-5-6-13-8-9/h9-10,13H,3-8H2,1-2H3,(H,14,15). The van der Waals surface area contributed by atoms with Gasteiger partial charge in [0.1, 0.15) is 0 Å². The molecule has 1 amide bonds. The summed E-state index contributed by atoms with van der Waals surface area (Å²) in [4.78, 5) is 11.6. The van der Waals surface area contributed by atoms with Crippen LogP contribution in [0.3, 0.4) is 0 Å². The number of carbonyl (C=O) groups excluding carboxylic acids is 1. The van der Waals surface area contributed by atoms with Gasteiger partial charge in [-0.3, -0.25) is 4.79 Å². The van der Waals surface area contributed by atoms with E-state index in [1.165, 1.54) is 6.42 Å². The maximum absolute atomic E-state index is 11.6. The second-order valence-corrected chi connectivity index (χ2v) is 5.71. The summed E-state index contributed by atoms with van der Waals surface area (Å²) in [6.07, 6.45) is 4.14. The van der Waals surface area contributed by atoms with Crippen LogP contribution in [0.15, 0.2) is 0 Å². The van der Waals surface area contributed by atoms with E-state index in [4.69, 9.17) is 0 Å². The van der Waals surface area contributed by atoms with E-state index in [-0.39, 0.29) is 5.91 Å². The summed E-state index contributed by atoms with van der Waals surface area (Å²) in [5, 5.41) is 6.44. The molecule has 0 aromatic heterocycles. The van der Waals surface area contributed by atoms with Crippen LogP contribution >= 0.6 is 0 Å². The van der Waals surface area contributed by atoms with Crippen LogP contribution < -0.4 is 10.6 Å². The average Bonchev–Trinajstić information content (AvgIpc) is 2.65. The lowest BCUT2D eigenvalue weighted by molar-refractivity contribution is -0.121. The molecule has 15 heavy (non-hydrogen) atoms. The topological polar surface area (TPSA) is 41.1 Å². The van der Waals surface area contributed by atoms with E-state index in [9.17, 15) is 4.79 Å². The summed E-state index contributed by atoms with van der Waals surface area (Å²) < 4.78 is 0. The number of hydrogen-bond acceptors (Lipinski definition) is 2. The molecule has 0 spiro atoms. The molecule has 0 radical (unpaired) electrons. The van der Waals surface area contributed by atoms with Crippen LogP contribution in [0, 0.1) is 11.3 Å². The van der Waals surface area contributed by atoms with Gasteiger partial charge >= 0.3 is 0 Å². The van der Waals surface area contributed by atoms with Crippen LogP contribution in [-0.2, 0) is 4.79 Å². The van der Waals surface area contributed by atoms with Gasteiger partial charge in [-0.05, 0) is 43.7 Å². The molecule has 0 aromatic carbocycles. The van der Waals surface area contributed by atoms with Crippen molar-refractivity contribution in [2.24, 2.45) is 11.3 Å². The molecule has 1 heterocycles.